The summed E-state index contributed by atoms with van der Waals surface area (Å²) >= 11 is -1.57. The Labute approximate surface area is 497 Å². The summed E-state index contributed by atoms with van der Waals surface area (Å²) in [5.74, 6) is 6.63. The van der Waals surface area contributed by atoms with E-state index >= 15 is 0 Å². The fourth-order valence-electron chi connectivity index (χ4n) is 11.6. The molecule has 84 heavy (non-hydrogen) atoms. The summed E-state index contributed by atoms with van der Waals surface area (Å²) in [7, 11) is 0. The summed E-state index contributed by atoms with van der Waals surface area (Å²) in [4.78, 5) is 70.3. The first-order chi connectivity index (χ1) is 40.1. The number of nitrogens with zero attached hydrogens (tertiary/aromatic N) is 16. The number of benzene rings is 8. The van der Waals surface area contributed by atoms with Crippen LogP contribution in [0.25, 0.3) is 111 Å². The van der Waals surface area contributed by atoms with Crippen LogP contribution in [0.4, 0.5) is 11.6 Å². The standard InChI is InChI=1S/2C32H16N8.Ga.2H2O.Ti/c2*1-2-10-18-17(9-1)25-33-26(18)38-28-21-13-5-6-14-22(21)30(35-28)40-32-24-16-8-7-15-23(24)31(36-32)39-29-20-12-4-3-11-19(20)27(34-29)37-25;;;;/h2*1-16H;;2*1H2;/q2*-2;+2;;;+2/p-1. The van der Waals surface area contributed by atoms with E-state index in [1.54, 1.807) is 0 Å². The summed E-state index contributed by atoms with van der Waals surface area (Å²) in [6, 6.07) is 65.0. The Morgan fingerprint density at radius 1 is 0.274 bits per heavy atom. The molecule has 3 N–H and O–H groups in total. The van der Waals surface area contributed by atoms with Gasteiger partial charge in [-0.05, 0) is 21.5 Å². The third-order valence-corrected chi connectivity index (χ3v) is 18.4. The van der Waals surface area contributed by atoms with Gasteiger partial charge in [-0.1, -0.05) is 97.1 Å². The van der Waals surface area contributed by atoms with Crippen LogP contribution in [0.15, 0.2) is 224 Å². The zero-order chi connectivity index (χ0) is 52.9. The molecule has 6 aliphatic rings. The predicted octanol–water partition coefficient (Wildman–Crippen LogP) is 9.59. The van der Waals surface area contributed by atoms with Crippen LogP contribution < -0.4 is 20.9 Å². The molecule has 8 aromatic carbocycles. The van der Waals surface area contributed by atoms with E-state index < -0.39 is 17.9 Å². The Morgan fingerprint density at radius 2 is 0.536 bits per heavy atom. The Balaban J connectivity index is 0.000000138. The van der Waals surface area contributed by atoms with E-state index in [0.29, 0.717) is 69.2 Å². The molecule has 391 valence electrons. The molecule has 0 fully saturated rings. The van der Waals surface area contributed by atoms with Crippen LogP contribution in [0.1, 0.15) is 22.3 Å². The van der Waals surface area contributed by atoms with Gasteiger partial charge in [0.1, 0.15) is 0 Å². The molecule has 0 saturated heterocycles. The molecule has 13 aromatic rings. The average Bonchev–Trinajstić information content (AvgIpc) is 2.14. The molecule has 0 aliphatic carbocycles. The Hall–Kier alpha value is -10.2. The molecular formula is C64H35GaN16O2Ti-. The molecule has 0 saturated carbocycles. The van der Waals surface area contributed by atoms with Crippen LogP contribution in [0.5, 0.6) is 0 Å². The molecule has 6 aliphatic heterocycles. The topological polar surface area (TPSA) is 251 Å². The van der Waals surface area contributed by atoms with Crippen LogP contribution in [0, 0.1) is 0 Å². The van der Waals surface area contributed by atoms with Gasteiger partial charge in [-0.15, -0.1) is 0 Å². The molecule has 0 spiro atoms. The fourth-order valence-corrected chi connectivity index (χ4v) is 14.7. The van der Waals surface area contributed by atoms with Crippen molar-refractivity contribution in [2.75, 3.05) is 0 Å². The van der Waals surface area contributed by atoms with Crippen LogP contribution in [-0.4, -0.2) is 88.6 Å². The molecule has 0 atom stereocenters. The zero-order valence-corrected chi connectivity index (χ0v) is 47.6. The van der Waals surface area contributed by atoms with Crippen molar-refractivity contribution in [2.24, 2.45) is 30.0 Å². The number of rotatable bonds is 0. The Kier molecular flexibility index (Phi) is 11.7. The van der Waals surface area contributed by atoms with E-state index in [-0.39, 0.29) is 32.7 Å². The number of hydrogen-bond donors (Lipinski definition) is 0. The van der Waals surface area contributed by atoms with Crippen molar-refractivity contribution in [1.29, 1.82) is 0 Å². The molecule has 1 radical (unpaired) electrons. The van der Waals surface area contributed by atoms with E-state index in [0.717, 1.165) is 110 Å². The monoisotopic (exact) mass is 1180 g/mol. The summed E-state index contributed by atoms with van der Waals surface area (Å²) in [5.41, 5.74) is 11.4. The van der Waals surface area contributed by atoms with E-state index in [1.807, 2.05) is 121 Å². The molecule has 0 amide bonds. The van der Waals surface area contributed by atoms with E-state index in [4.69, 9.17) is 69.8 Å². The summed E-state index contributed by atoms with van der Waals surface area (Å²) in [5, 5.41) is 7.75. The Morgan fingerprint density at radius 3 is 0.857 bits per heavy atom. The Bertz CT molecular complexity index is 5020. The van der Waals surface area contributed by atoms with Gasteiger partial charge < -0.3 is 40.9 Å². The number of aromatic nitrogens is 10. The third kappa shape index (κ3) is 7.57. The molecule has 5 aromatic heterocycles. The molecule has 11 heterocycles. The van der Waals surface area contributed by atoms with Crippen LogP contribution in [0.3, 0.4) is 0 Å². The number of hydrogen-bond acceptors (Lipinski definition) is 13. The maximum atomic E-state index is 5.26. The average molecular weight is 1180 g/mol. The van der Waals surface area contributed by atoms with Crippen molar-refractivity contribution >= 4 is 119 Å². The minimum atomic E-state index is -1.57. The van der Waals surface area contributed by atoms with Gasteiger partial charge in [0.15, 0.2) is 0 Å². The van der Waals surface area contributed by atoms with Crippen molar-refractivity contribution in [1.82, 2.24) is 46.4 Å². The molecule has 14 bridgehead atoms. The molecule has 0 unspecified atom stereocenters. The first kappa shape index (κ1) is 50.7. The van der Waals surface area contributed by atoms with Crippen molar-refractivity contribution in [2.45, 2.75) is 0 Å². The second-order valence-electron chi connectivity index (χ2n) is 20.0. The molecule has 18 nitrogen and oxygen atoms in total. The quantitative estimate of drug-likeness (QED) is 0.131. The second kappa shape index (κ2) is 19.5. The van der Waals surface area contributed by atoms with Gasteiger partial charge in [0.25, 0.3) is 0 Å². The van der Waals surface area contributed by atoms with E-state index in [2.05, 4.69) is 79.3 Å². The fraction of sp³-hybridized carbons (Fsp3) is 0. The van der Waals surface area contributed by atoms with Crippen molar-refractivity contribution in [3.05, 3.63) is 227 Å². The van der Waals surface area contributed by atoms with Gasteiger partial charge in [-0.3, -0.25) is 0 Å². The SMILES string of the molecule is O.[OH-].[Ti+2].c1ccc2c(c1)-c1nc-2nc2[n-]c(nc3nc(nc4[n-]c(n1)c1ccccc41)-c1ccccc1-3)c1ccccc21.c1ccc2c(c1)C1=NC2=Nc2c3ccccc3c3[n]2[Ga][n]2c(c4ccccc4c2=NC2=NC(=N3)c3ccccc32)=N1. The number of amidine groups is 4. The van der Waals surface area contributed by atoms with Crippen molar-refractivity contribution < 1.29 is 32.7 Å². The van der Waals surface area contributed by atoms with Crippen molar-refractivity contribution in [3.63, 3.8) is 0 Å². The van der Waals surface area contributed by atoms with Gasteiger partial charge in [0.05, 0.1) is 23.3 Å². The maximum absolute atomic E-state index is 5.26. The van der Waals surface area contributed by atoms with E-state index in [1.165, 1.54) is 0 Å². The van der Waals surface area contributed by atoms with Crippen LogP contribution >= 0.6 is 0 Å². The van der Waals surface area contributed by atoms with Crippen LogP contribution in [0.2, 0.25) is 0 Å². The number of fused-ring (bicyclic) bond motifs is 34. The molecular weight excluding hydrogens is 1140 g/mol. The van der Waals surface area contributed by atoms with Crippen molar-refractivity contribution in [3.8, 4) is 45.6 Å². The first-order valence-corrected chi connectivity index (χ1v) is 28.5. The van der Waals surface area contributed by atoms with E-state index in [9.17, 15) is 0 Å². The van der Waals surface area contributed by atoms with Gasteiger partial charge in [-0.25, -0.2) is 9.97 Å². The van der Waals surface area contributed by atoms with Gasteiger partial charge in [0, 0.05) is 44.8 Å². The predicted molar refractivity (Wildman–Crippen MR) is 321 cm³/mol. The zero-order valence-electron chi connectivity index (χ0n) is 43.7. The summed E-state index contributed by atoms with van der Waals surface area (Å²) in [6.45, 7) is 0. The molecule has 20 heteroatoms. The van der Waals surface area contributed by atoms with Gasteiger partial charge >= 0.3 is 263 Å². The summed E-state index contributed by atoms with van der Waals surface area (Å²) < 4.78 is 4.63. The summed E-state index contributed by atoms with van der Waals surface area (Å²) in [6.07, 6.45) is 0. The third-order valence-electron chi connectivity index (χ3n) is 15.4. The second-order valence-corrected chi connectivity index (χ2v) is 22.6. The first-order valence-electron chi connectivity index (χ1n) is 26.3. The van der Waals surface area contributed by atoms with Gasteiger partial charge in [0.2, 0.25) is 0 Å². The van der Waals surface area contributed by atoms with Crippen LogP contribution in [-0.2, 0) is 21.7 Å². The van der Waals surface area contributed by atoms with Gasteiger partial charge in [-0.2, -0.15) is 0 Å². The minimum absolute atomic E-state index is 0. The normalized spacial score (nSPS) is 13.3. The number of aliphatic imine (C=N–C) groups is 4. The molecule has 19 rings (SSSR count).